The van der Waals surface area contributed by atoms with Crippen LogP contribution < -0.4 is 0 Å². The summed E-state index contributed by atoms with van der Waals surface area (Å²) < 4.78 is 6.47. The van der Waals surface area contributed by atoms with Gasteiger partial charge in [-0.25, -0.2) is 9.48 Å². The summed E-state index contributed by atoms with van der Waals surface area (Å²) in [5.74, 6) is -0.447. The van der Waals surface area contributed by atoms with Gasteiger partial charge in [0.15, 0.2) is 5.69 Å². The first-order valence-corrected chi connectivity index (χ1v) is 6.58. The number of hydrogen-bond donors (Lipinski definition) is 0. The lowest BCUT2D eigenvalue weighted by molar-refractivity contribution is 0.0592. The minimum absolute atomic E-state index is 0.294. The molecule has 6 heteroatoms. The Kier molecular flexibility index (Phi) is 4.45. The number of ether oxygens (including phenoxy) is 1. The fourth-order valence-corrected chi connectivity index (χ4v) is 2.03. The maximum absolute atomic E-state index is 11.7. The molecule has 0 saturated heterocycles. The van der Waals surface area contributed by atoms with Crippen LogP contribution in [0.2, 0.25) is 0 Å². The van der Waals surface area contributed by atoms with E-state index < -0.39 is 5.97 Å². The molecule has 0 radical (unpaired) electrons. The summed E-state index contributed by atoms with van der Waals surface area (Å²) in [6.07, 6.45) is 3.38. The molecule has 0 aliphatic carbocycles. The van der Waals surface area contributed by atoms with E-state index in [-0.39, 0.29) is 0 Å². The van der Waals surface area contributed by atoms with E-state index in [1.54, 1.807) is 10.9 Å². The number of aromatic nitrogens is 4. The molecule has 0 saturated carbocycles. The third-order valence-corrected chi connectivity index (χ3v) is 3.12. The van der Waals surface area contributed by atoms with Gasteiger partial charge >= 0.3 is 5.97 Å². The van der Waals surface area contributed by atoms with Crippen LogP contribution >= 0.6 is 0 Å². The summed E-state index contributed by atoms with van der Waals surface area (Å²) in [5, 5.41) is 8.01. The van der Waals surface area contributed by atoms with Crippen molar-refractivity contribution in [3.63, 3.8) is 0 Å². The molecular formula is C14H18N4O2. The van der Waals surface area contributed by atoms with Gasteiger partial charge < -0.3 is 4.74 Å². The van der Waals surface area contributed by atoms with Crippen LogP contribution in [0.3, 0.4) is 0 Å². The maximum Gasteiger partial charge on any atom is 0.360 e. The molecule has 20 heavy (non-hydrogen) atoms. The molecule has 6 nitrogen and oxygen atoms in total. The molecule has 2 rings (SSSR count). The van der Waals surface area contributed by atoms with Gasteiger partial charge in [0.05, 0.1) is 25.0 Å². The van der Waals surface area contributed by atoms with Crippen molar-refractivity contribution >= 4 is 5.97 Å². The number of nitrogens with zero attached hydrogens (tertiary/aromatic N) is 4. The lowest BCUT2D eigenvalue weighted by Crippen LogP contribution is -2.11. The Balaban J connectivity index is 2.34. The third kappa shape index (κ3) is 2.84. The highest BCUT2D eigenvalue weighted by molar-refractivity contribution is 5.88. The predicted octanol–water partition coefficient (Wildman–Crippen LogP) is 1.77. The molecule has 0 N–H and O–H groups in total. The largest absolute Gasteiger partial charge is 0.464 e. The van der Waals surface area contributed by atoms with Gasteiger partial charge in [-0.3, -0.25) is 4.98 Å². The molecule has 0 amide bonds. The summed E-state index contributed by atoms with van der Waals surface area (Å²) >= 11 is 0. The average Bonchev–Trinajstić information content (AvgIpc) is 2.84. The van der Waals surface area contributed by atoms with Crippen molar-refractivity contribution in [2.75, 3.05) is 7.11 Å². The topological polar surface area (TPSA) is 69.9 Å². The lowest BCUT2D eigenvalue weighted by atomic mass is 10.2. The van der Waals surface area contributed by atoms with E-state index in [1.165, 1.54) is 7.11 Å². The second kappa shape index (κ2) is 6.27. The van der Waals surface area contributed by atoms with Gasteiger partial charge in [0.25, 0.3) is 0 Å². The number of rotatable bonds is 5. The first-order chi connectivity index (χ1) is 9.67. The van der Waals surface area contributed by atoms with Crippen LogP contribution in [0, 0.1) is 6.92 Å². The van der Waals surface area contributed by atoms with Crippen molar-refractivity contribution in [1.29, 1.82) is 0 Å². The van der Waals surface area contributed by atoms with Gasteiger partial charge in [-0.2, -0.15) is 0 Å². The molecule has 0 spiro atoms. The van der Waals surface area contributed by atoms with E-state index in [1.807, 2.05) is 26.0 Å². The monoisotopic (exact) mass is 274 g/mol. The predicted molar refractivity (Wildman–Crippen MR) is 73.4 cm³/mol. The number of esters is 1. The van der Waals surface area contributed by atoms with E-state index in [0.29, 0.717) is 12.2 Å². The van der Waals surface area contributed by atoms with E-state index in [4.69, 9.17) is 4.74 Å². The van der Waals surface area contributed by atoms with E-state index in [9.17, 15) is 4.79 Å². The van der Waals surface area contributed by atoms with E-state index >= 15 is 0 Å². The summed E-state index contributed by atoms with van der Waals surface area (Å²) in [7, 11) is 1.35. The summed E-state index contributed by atoms with van der Waals surface area (Å²) in [4.78, 5) is 16.0. The zero-order valence-corrected chi connectivity index (χ0v) is 12.0. The molecule has 0 aromatic carbocycles. The van der Waals surface area contributed by atoms with Gasteiger partial charge in [0.2, 0.25) is 0 Å². The zero-order chi connectivity index (χ0) is 14.5. The van der Waals surface area contributed by atoms with Gasteiger partial charge in [-0.1, -0.05) is 24.6 Å². The fraction of sp³-hybridized carbons (Fsp3) is 0.429. The molecule has 0 aliphatic heterocycles. The maximum atomic E-state index is 11.7. The molecular weight excluding hydrogens is 256 g/mol. The Labute approximate surface area is 117 Å². The minimum atomic E-state index is -0.447. The van der Waals surface area contributed by atoms with Crippen LogP contribution in [0.4, 0.5) is 0 Å². The van der Waals surface area contributed by atoms with Crippen LogP contribution in [-0.4, -0.2) is 33.1 Å². The molecule has 0 aliphatic rings. The fourth-order valence-electron chi connectivity index (χ4n) is 2.03. The molecule has 106 valence electrons. The standard InChI is InChI=1S/C14H18N4O2/c1-4-6-12-13(14(19)20-3)16-17-18(12)9-11-10(2)7-5-8-15-11/h5,7-8H,4,6,9H2,1-3H3. The van der Waals surface area contributed by atoms with Crippen molar-refractivity contribution in [3.8, 4) is 0 Å². The first-order valence-electron chi connectivity index (χ1n) is 6.58. The number of pyridine rings is 1. The summed E-state index contributed by atoms with van der Waals surface area (Å²) in [6, 6.07) is 3.90. The smallest absolute Gasteiger partial charge is 0.360 e. The molecule has 2 aromatic rings. The van der Waals surface area contributed by atoms with E-state index in [0.717, 1.165) is 29.8 Å². The molecule has 0 unspecified atom stereocenters. The lowest BCUT2D eigenvalue weighted by Gasteiger charge is -2.08. The second-order valence-corrected chi connectivity index (χ2v) is 4.55. The highest BCUT2D eigenvalue weighted by Crippen LogP contribution is 2.13. The average molecular weight is 274 g/mol. The van der Waals surface area contributed by atoms with Crippen LogP contribution in [0.15, 0.2) is 18.3 Å². The highest BCUT2D eigenvalue weighted by Gasteiger charge is 2.20. The highest BCUT2D eigenvalue weighted by atomic mass is 16.5. The molecule has 0 fully saturated rings. The number of methoxy groups -OCH3 is 1. The van der Waals surface area contributed by atoms with Crippen molar-refractivity contribution < 1.29 is 9.53 Å². The van der Waals surface area contributed by atoms with Crippen LogP contribution in [0.5, 0.6) is 0 Å². The normalized spacial score (nSPS) is 10.6. The van der Waals surface area contributed by atoms with Gasteiger partial charge in [0.1, 0.15) is 0 Å². The third-order valence-electron chi connectivity index (χ3n) is 3.12. The molecule has 2 heterocycles. The summed E-state index contributed by atoms with van der Waals surface area (Å²) in [5.41, 5.74) is 3.10. The van der Waals surface area contributed by atoms with Gasteiger partial charge in [-0.15, -0.1) is 5.10 Å². The van der Waals surface area contributed by atoms with Crippen molar-refractivity contribution in [1.82, 2.24) is 20.0 Å². The Morgan fingerprint density at radius 2 is 2.25 bits per heavy atom. The quantitative estimate of drug-likeness (QED) is 0.777. The second-order valence-electron chi connectivity index (χ2n) is 4.55. The first kappa shape index (κ1) is 14.2. The number of aryl methyl sites for hydroxylation is 1. The summed E-state index contributed by atoms with van der Waals surface area (Å²) in [6.45, 7) is 4.55. The van der Waals surface area contributed by atoms with Gasteiger partial charge in [-0.05, 0) is 25.0 Å². The SMILES string of the molecule is CCCc1c(C(=O)OC)nnn1Cc1ncccc1C. The van der Waals surface area contributed by atoms with Crippen LogP contribution in [0.25, 0.3) is 0 Å². The van der Waals surface area contributed by atoms with Crippen LogP contribution in [0.1, 0.15) is 40.8 Å². The molecule has 0 bridgehead atoms. The van der Waals surface area contributed by atoms with Crippen molar-refractivity contribution in [2.24, 2.45) is 0 Å². The number of carbonyl (C=O) groups is 1. The number of hydrogen-bond acceptors (Lipinski definition) is 5. The van der Waals surface area contributed by atoms with Crippen LogP contribution in [-0.2, 0) is 17.7 Å². The molecule has 0 atom stereocenters. The zero-order valence-electron chi connectivity index (χ0n) is 12.0. The minimum Gasteiger partial charge on any atom is -0.464 e. The van der Waals surface area contributed by atoms with Gasteiger partial charge in [0, 0.05) is 6.20 Å². The van der Waals surface area contributed by atoms with Crippen molar-refractivity contribution in [2.45, 2.75) is 33.2 Å². The van der Waals surface area contributed by atoms with Crippen molar-refractivity contribution in [3.05, 3.63) is 41.0 Å². The Bertz CT molecular complexity index is 607. The Morgan fingerprint density at radius 1 is 1.45 bits per heavy atom. The molecule has 2 aromatic heterocycles. The Hall–Kier alpha value is -2.24. The Morgan fingerprint density at radius 3 is 2.90 bits per heavy atom. The van der Waals surface area contributed by atoms with E-state index in [2.05, 4.69) is 15.3 Å². The number of carbonyl (C=O) groups excluding carboxylic acids is 1.